The summed E-state index contributed by atoms with van der Waals surface area (Å²) in [5, 5.41) is 10.2. The van der Waals surface area contributed by atoms with Crippen LogP contribution in [0.25, 0.3) is 10.9 Å². The molecule has 1 heterocycles. The number of thioether (sulfide) groups is 1. The van der Waals surface area contributed by atoms with Crippen LogP contribution in [0.15, 0.2) is 17.3 Å². The first-order valence-electron chi connectivity index (χ1n) is 5.57. The summed E-state index contributed by atoms with van der Waals surface area (Å²) in [5.41, 5.74) is 4.06. The van der Waals surface area contributed by atoms with Gasteiger partial charge < -0.3 is 5.11 Å². The highest BCUT2D eigenvalue weighted by Gasteiger charge is 2.09. The zero-order valence-corrected chi connectivity index (χ0v) is 11.3. The van der Waals surface area contributed by atoms with Gasteiger partial charge in [0.2, 0.25) is 0 Å². The van der Waals surface area contributed by atoms with E-state index >= 15 is 0 Å². The van der Waals surface area contributed by atoms with E-state index in [0.29, 0.717) is 5.16 Å². The third-order valence-corrected chi connectivity index (χ3v) is 3.46. The number of carboxylic acid groups (broad SMARTS) is 1. The summed E-state index contributed by atoms with van der Waals surface area (Å²) in [5.74, 6) is -0.877. The molecule has 0 amide bonds. The van der Waals surface area contributed by atoms with E-state index in [1.807, 2.05) is 20.8 Å². The first kappa shape index (κ1) is 12.8. The first-order chi connectivity index (χ1) is 8.47. The zero-order valence-electron chi connectivity index (χ0n) is 10.5. The highest BCUT2D eigenvalue weighted by molar-refractivity contribution is 7.99. The van der Waals surface area contributed by atoms with Crippen LogP contribution in [0.5, 0.6) is 0 Å². The van der Waals surface area contributed by atoms with Crippen LogP contribution in [0.4, 0.5) is 0 Å². The SMILES string of the molecule is Cc1cc(C)c2nc(SCC(=O)O)nc(C)c2c1. The largest absolute Gasteiger partial charge is 0.481 e. The number of fused-ring (bicyclic) bond motifs is 1. The number of aliphatic carboxylic acids is 1. The second kappa shape index (κ2) is 4.94. The van der Waals surface area contributed by atoms with E-state index in [9.17, 15) is 4.79 Å². The van der Waals surface area contributed by atoms with Gasteiger partial charge in [0.1, 0.15) is 0 Å². The second-order valence-electron chi connectivity index (χ2n) is 4.25. The third-order valence-electron chi connectivity index (χ3n) is 2.63. The summed E-state index contributed by atoms with van der Waals surface area (Å²) >= 11 is 1.15. The average molecular weight is 262 g/mol. The average Bonchev–Trinajstić information content (AvgIpc) is 2.28. The number of hydrogen-bond acceptors (Lipinski definition) is 4. The molecular weight excluding hydrogens is 248 g/mol. The fourth-order valence-corrected chi connectivity index (χ4v) is 2.51. The normalized spacial score (nSPS) is 10.8. The fourth-order valence-electron chi connectivity index (χ4n) is 1.90. The van der Waals surface area contributed by atoms with Crippen molar-refractivity contribution in [3.63, 3.8) is 0 Å². The molecule has 1 N–H and O–H groups in total. The summed E-state index contributed by atoms with van der Waals surface area (Å²) in [6.07, 6.45) is 0. The van der Waals surface area contributed by atoms with E-state index in [4.69, 9.17) is 5.11 Å². The maximum atomic E-state index is 10.6. The first-order valence-corrected chi connectivity index (χ1v) is 6.56. The van der Waals surface area contributed by atoms with E-state index in [0.717, 1.165) is 33.9 Å². The standard InChI is InChI=1S/C13H14N2O2S/c1-7-4-8(2)12-10(5-7)9(3)14-13(15-12)18-6-11(16)17/h4-5H,6H2,1-3H3,(H,16,17). The van der Waals surface area contributed by atoms with Crippen LogP contribution in [0.2, 0.25) is 0 Å². The molecule has 0 aliphatic carbocycles. The molecule has 2 rings (SSSR count). The van der Waals surface area contributed by atoms with E-state index in [-0.39, 0.29) is 5.75 Å². The van der Waals surface area contributed by atoms with Crippen molar-refractivity contribution in [1.29, 1.82) is 0 Å². The van der Waals surface area contributed by atoms with Crippen LogP contribution in [-0.2, 0) is 4.79 Å². The lowest BCUT2D eigenvalue weighted by Gasteiger charge is -2.08. The summed E-state index contributed by atoms with van der Waals surface area (Å²) < 4.78 is 0. The predicted molar refractivity (Wildman–Crippen MR) is 72.1 cm³/mol. The molecule has 0 fully saturated rings. The molecule has 0 aliphatic rings. The van der Waals surface area contributed by atoms with Gasteiger partial charge in [-0.15, -0.1) is 0 Å². The van der Waals surface area contributed by atoms with Crippen LogP contribution >= 0.6 is 11.8 Å². The van der Waals surface area contributed by atoms with Crippen LogP contribution in [0, 0.1) is 20.8 Å². The lowest BCUT2D eigenvalue weighted by atomic mass is 10.1. The van der Waals surface area contributed by atoms with Crippen molar-refractivity contribution >= 4 is 28.6 Å². The number of carbonyl (C=O) groups is 1. The van der Waals surface area contributed by atoms with Gasteiger partial charge in [0.15, 0.2) is 5.16 Å². The minimum atomic E-state index is -0.859. The number of benzene rings is 1. The topological polar surface area (TPSA) is 63.1 Å². The monoisotopic (exact) mass is 262 g/mol. The Morgan fingerprint density at radius 2 is 2.00 bits per heavy atom. The molecule has 0 unspecified atom stereocenters. The minimum absolute atomic E-state index is 0.0180. The smallest absolute Gasteiger partial charge is 0.313 e. The van der Waals surface area contributed by atoms with Crippen molar-refractivity contribution in [3.05, 3.63) is 29.0 Å². The quantitative estimate of drug-likeness (QED) is 0.680. The van der Waals surface area contributed by atoms with Gasteiger partial charge in [-0.05, 0) is 32.4 Å². The molecule has 0 spiro atoms. The number of aromatic nitrogens is 2. The molecule has 0 aliphatic heterocycles. The van der Waals surface area contributed by atoms with Crippen molar-refractivity contribution < 1.29 is 9.90 Å². The Hall–Kier alpha value is -1.62. The highest BCUT2D eigenvalue weighted by atomic mass is 32.2. The molecule has 0 saturated heterocycles. The number of hydrogen-bond donors (Lipinski definition) is 1. The van der Waals surface area contributed by atoms with Gasteiger partial charge in [-0.25, -0.2) is 9.97 Å². The Kier molecular flexibility index (Phi) is 3.52. The molecular formula is C13H14N2O2S. The molecule has 1 aromatic carbocycles. The maximum Gasteiger partial charge on any atom is 0.313 e. The number of nitrogens with zero attached hydrogens (tertiary/aromatic N) is 2. The van der Waals surface area contributed by atoms with Gasteiger partial charge in [-0.3, -0.25) is 4.79 Å². The Morgan fingerprint density at radius 3 is 2.67 bits per heavy atom. The fraction of sp³-hybridized carbons (Fsp3) is 0.308. The van der Waals surface area contributed by atoms with Crippen LogP contribution < -0.4 is 0 Å². The zero-order chi connectivity index (χ0) is 13.3. The molecule has 4 nitrogen and oxygen atoms in total. The van der Waals surface area contributed by atoms with E-state index in [2.05, 4.69) is 22.1 Å². The van der Waals surface area contributed by atoms with Crippen LogP contribution in [-0.4, -0.2) is 26.8 Å². The molecule has 2 aromatic rings. The summed E-state index contributed by atoms with van der Waals surface area (Å²) in [6.45, 7) is 5.97. The Bertz CT molecular complexity index is 626. The second-order valence-corrected chi connectivity index (χ2v) is 5.19. The number of carboxylic acids is 1. The van der Waals surface area contributed by atoms with E-state index in [1.54, 1.807) is 0 Å². The Morgan fingerprint density at radius 1 is 1.28 bits per heavy atom. The lowest BCUT2D eigenvalue weighted by molar-refractivity contribution is -0.133. The Labute approximate surface area is 109 Å². The summed E-state index contributed by atoms with van der Waals surface area (Å²) in [6, 6.07) is 4.13. The molecule has 1 aromatic heterocycles. The number of rotatable bonds is 3. The summed E-state index contributed by atoms with van der Waals surface area (Å²) in [4.78, 5) is 19.3. The summed E-state index contributed by atoms with van der Waals surface area (Å²) in [7, 11) is 0. The molecule has 0 atom stereocenters. The van der Waals surface area contributed by atoms with Gasteiger partial charge in [0, 0.05) is 11.1 Å². The van der Waals surface area contributed by atoms with Crippen LogP contribution in [0.3, 0.4) is 0 Å². The minimum Gasteiger partial charge on any atom is -0.481 e. The number of aryl methyl sites for hydroxylation is 3. The van der Waals surface area contributed by atoms with Crippen LogP contribution in [0.1, 0.15) is 16.8 Å². The Balaban J connectivity index is 2.51. The van der Waals surface area contributed by atoms with E-state index in [1.165, 1.54) is 5.56 Å². The van der Waals surface area contributed by atoms with Crippen molar-refractivity contribution in [2.24, 2.45) is 0 Å². The third kappa shape index (κ3) is 2.61. The molecule has 0 radical (unpaired) electrons. The van der Waals surface area contributed by atoms with Crippen molar-refractivity contribution in [3.8, 4) is 0 Å². The van der Waals surface area contributed by atoms with Gasteiger partial charge in [0.05, 0.1) is 11.3 Å². The van der Waals surface area contributed by atoms with Crippen molar-refractivity contribution in [1.82, 2.24) is 9.97 Å². The van der Waals surface area contributed by atoms with Crippen molar-refractivity contribution in [2.45, 2.75) is 25.9 Å². The van der Waals surface area contributed by atoms with Gasteiger partial charge >= 0.3 is 5.97 Å². The maximum absolute atomic E-state index is 10.6. The molecule has 94 valence electrons. The van der Waals surface area contributed by atoms with Gasteiger partial charge in [0.25, 0.3) is 0 Å². The molecule has 0 bridgehead atoms. The van der Waals surface area contributed by atoms with Gasteiger partial charge in [-0.1, -0.05) is 23.4 Å². The van der Waals surface area contributed by atoms with E-state index < -0.39 is 5.97 Å². The molecule has 18 heavy (non-hydrogen) atoms. The van der Waals surface area contributed by atoms with Gasteiger partial charge in [-0.2, -0.15) is 0 Å². The van der Waals surface area contributed by atoms with Crippen molar-refractivity contribution in [2.75, 3.05) is 5.75 Å². The predicted octanol–water partition coefficient (Wildman–Crippen LogP) is 2.73. The molecule has 5 heteroatoms. The highest BCUT2D eigenvalue weighted by Crippen LogP contribution is 2.24. The molecule has 0 saturated carbocycles. The lowest BCUT2D eigenvalue weighted by Crippen LogP contribution is -2.01.